The van der Waals surface area contributed by atoms with Gasteiger partial charge in [0.2, 0.25) is 0 Å². The molecule has 2 fully saturated rings. The van der Waals surface area contributed by atoms with Crippen molar-refractivity contribution in [2.24, 2.45) is 11.8 Å². The summed E-state index contributed by atoms with van der Waals surface area (Å²) in [4.78, 5) is 30.0. The maximum atomic E-state index is 14.4. The molecule has 2 aliphatic rings. The number of fused-ring (bicyclic) bond motifs is 1. The van der Waals surface area contributed by atoms with Gasteiger partial charge in [-0.3, -0.25) is 9.69 Å². The van der Waals surface area contributed by atoms with Crippen LogP contribution in [0, 0.1) is 17.7 Å². The van der Waals surface area contributed by atoms with Crippen LogP contribution in [-0.2, 0) is 4.79 Å². The minimum absolute atomic E-state index is 0. The number of ether oxygens (including phenoxy) is 1. The molecule has 0 spiro atoms. The summed E-state index contributed by atoms with van der Waals surface area (Å²) in [5.41, 5.74) is 1.33. The second-order valence-corrected chi connectivity index (χ2v) is 9.58. The number of aromatic nitrogens is 1. The second kappa shape index (κ2) is 11.0. The predicted molar refractivity (Wildman–Crippen MR) is 129 cm³/mol. The molecular formula is C26H20Cl2FKN2O3. The van der Waals surface area contributed by atoms with Gasteiger partial charge in [0.1, 0.15) is 5.82 Å². The average molecular weight is 537 g/mol. The number of rotatable bonds is 6. The molecule has 35 heavy (non-hydrogen) atoms. The molecule has 3 atom stereocenters. The van der Waals surface area contributed by atoms with E-state index in [0.717, 1.165) is 12.8 Å². The molecule has 1 aromatic heterocycles. The molecule has 0 N–H and O–H groups in total. The van der Waals surface area contributed by atoms with Crippen LogP contribution in [0.5, 0.6) is 5.75 Å². The van der Waals surface area contributed by atoms with Crippen LogP contribution in [0.3, 0.4) is 0 Å². The zero-order valence-corrected chi connectivity index (χ0v) is 23.9. The van der Waals surface area contributed by atoms with Gasteiger partial charge in [0.25, 0.3) is 5.91 Å². The molecule has 2 aromatic carbocycles. The number of pyridine rings is 1. The van der Waals surface area contributed by atoms with Crippen LogP contribution < -0.4 is 61.0 Å². The Hall–Kier alpha value is -1.32. The van der Waals surface area contributed by atoms with Crippen LogP contribution in [0.1, 0.15) is 35.2 Å². The summed E-state index contributed by atoms with van der Waals surface area (Å²) in [5.74, 6) is 0.642. The van der Waals surface area contributed by atoms with E-state index >= 15 is 0 Å². The second-order valence-electron chi connectivity index (χ2n) is 8.77. The van der Waals surface area contributed by atoms with Gasteiger partial charge in [-0.2, -0.15) is 17.7 Å². The first kappa shape index (κ1) is 26.7. The van der Waals surface area contributed by atoms with Crippen molar-refractivity contribution in [3.05, 3.63) is 75.7 Å². The number of hydrogen-bond donors (Lipinski definition) is 0. The Kier molecular flexibility index (Phi) is 8.38. The minimum atomic E-state index is -0.715. The summed E-state index contributed by atoms with van der Waals surface area (Å²) in [7, 11) is 1.50. The fraction of sp³-hybridized carbons (Fsp3) is 0.269. The van der Waals surface area contributed by atoms with E-state index < -0.39 is 11.7 Å². The molecule has 1 unspecified atom stereocenters. The fourth-order valence-electron chi connectivity index (χ4n) is 4.63. The van der Waals surface area contributed by atoms with Gasteiger partial charge in [-0.25, -0.2) is 9.37 Å². The van der Waals surface area contributed by atoms with Gasteiger partial charge in [-0.15, -0.1) is 0 Å². The number of nitrogens with zero attached hydrogens (tertiary/aromatic N) is 2. The molecule has 174 valence electrons. The molecule has 2 aliphatic carbocycles. The predicted octanol–water partition coefficient (Wildman–Crippen LogP) is 3.11. The summed E-state index contributed by atoms with van der Waals surface area (Å²) in [6.45, 7) is 0. The normalized spacial score (nSPS) is 19.9. The Balaban J connectivity index is 0.00000289. The summed E-state index contributed by atoms with van der Waals surface area (Å²) in [5, 5.41) is 0.449. The zero-order chi connectivity index (χ0) is 24.0. The maximum absolute atomic E-state index is 14.4. The van der Waals surface area contributed by atoms with Crippen LogP contribution >= 0.6 is 23.2 Å². The Morgan fingerprint density at radius 3 is 2.54 bits per heavy atom. The van der Waals surface area contributed by atoms with Gasteiger partial charge in [-0.1, -0.05) is 40.9 Å². The monoisotopic (exact) mass is 536 g/mol. The third kappa shape index (κ3) is 5.51. The van der Waals surface area contributed by atoms with Gasteiger partial charge in [-0.05, 0) is 54.9 Å². The number of hydrogen-bond acceptors (Lipinski definition) is 4. The third-order valence-corrected chi connectivity index (χ3v) is 7.17. The van der Waals surface area contributed by atoms with Crippen LogP contribution in [0.15, 0.2) is 48.7 Å². The molecule has 0 radical (unpaired) electrons. The number of carbonyl (C=O) groups is 1. The van der Waals surface area contributed by atoms with Crippen molar-refractivity contribution < 1.29 is 70.1 Å². The SMILES string of the molecule is CN(C(=O)c1c(F)cccc1Cl)c1ncc(-c2cc([C-]=O)ccc2Cl)cc1OC1C[C@@H]2C[C@@H]2C1.[K+]. The molecule has 1 heterocycles. The smallest absolute Gasteiger partial charge is 0.486 e. The van der Waals surface area contributed by atoms with Crippen molar-refractivity contribution in [1.29, 1.82) is 0 Å². The molecule has 0 aliphatic heterocycles. The van der Waals surface area contributed by atoms with Crippen molar-refractivity contribution in [3.8, 4) is 16.9 Å². The summed E-state index contributed by atoms with van der Waals surface area (Å²) < 4.78 is 20.8. The number of anilines is 1. The Morgan fingerprint density at radius 2 is 1.86 bits per heavy atom. The molecule has 5 nitrogen and oxygen atoms in total. The van der Waals surface area contributed by atoms with E-state index in [1.54, 1.807) is 24.3 Å². The van der Waals surface area contributed by atoms with Gasteiger partial charge in [0.05, 0.1) is 23.0 Å². The van der Waals surface area contributed by atoms with Crippen molar-refractivity contribution in [3.63, 3.8) is 0 Å². The Bertz CT molecular complexity index is 1280. The average Bonchev–Trinajstić information content (AvgIpc) is 3.44. The Labute approximate surface area is 255 Å². The first-order valence-electron chi connectivity index (χ1n) is 10.9. The van der Waals surface area contributed by atoms with E-state index in [4.69, 9.17) is 27.9 Å². The quantitative estimate of drug-likeness (QED) is 0.358. The van der Waals surface area contributed by atoms with Gasteiger partial charge in [0.15, 0.2) is 11.6 Å². The zero-order valence-electron chi connectivity index (χ0n) is 19.2. The first-order valence-corrected chi connectivity index (χ1v) is 11.7. The number of benzene rings is 2. The molecule has 9 heteroatoms. The maximum Gasteiger partial charge on any atom is 1.00 e. The van der Waals surface area contributed by atoms with Crippen molar-refractivity contribution >= 4 is 41.2 Å². The topological polar surface area (TPSA) is 59.5 Å². The van der Waals surface area contributed by atoms with Crippen LogP contribution in [0.2, 0.25) is 10.0 Å². The molecule has 2 saturated carbocycles. The molecule has 0 bridgehead atoms. The summed E-state index contributed by atoms with van der Waals surface area (Å²) in [6.07, 6.45) is 6.53. The van der Waals surface area contributed by atoms with Crippen LogP contribution in [0.4, 0.5) is 10.2 Å². The van der Waals surface area contributed by atoms with E-state index in [-0.39, 0.29) is 73.9 Å². The molecule has 3 aromatic rings. The minimum Gasteiger partial charge on any atom is -0.486 e. The van der Waals surface area contributed by atoms with Gasteiger partial charge in [0, 0.05) is 18.3 Å². The van der Waals surface area contributed by atoms with Crippen LogP contribution in [0.25, 0.3) is 11.1 Å². The van der Waals surface area contributed by atoms with Crippen molar-refractivity contribution in [2.75, 3.05) is 11.9 Å². The van der Waals surface area contributed by atoms with E-state index in [9.17, 15) is 14.0 Å². The van der Waals surface area contributed by atoms with Crippen molar-refractivity contribution in [1.82, 2.24) is 4.98 Å². The number of amides is 1. The molecule has 1 amide bonds. The largest absolute Gasteiger partial charge is 1.00 e. The Morgan fingerprint density at radius 1 is 1.11 bits per heavy atom. The number of carbonyl (C=O) groups excluding carboxylic acids is 2. The summed E-state index contributed by atoms with van der Waals surface area (Å²) >= 11 is 12.5. The summed E-state index contributed by atoms with van der Waals surface area (Å²) in [6, 6.07) is 10.6. The van der Waals surface area contributed by atoms with Crippen LogP contribution in [-0.4, -0.2) is 30.3 Å². The van der Waals surface area contributed by atoms with E-state index in [2.05, 4.69) is 4.98 Å². The van der Waals surface area contributed by atoms with E-state index in [1.807, 2.05) is 6.29 Å². The van der Waals surface area contributed by atoms with Gasteiger partial charge >= 0.3 is 51.4 Å². The van der Waals surface area contributed by atoms with Gasteiger partial charge < -0.3 is 9.53 Å². The fourth-order valence-corrected chi connectivity index (χ4v) is 5.10. The molecule has 5 rings (SSSR count). The number of halogens is 3. The third-order valence-electron chi connectivity index (χ3n) is 6.52. The molecule has 0 saturated heterocycles. The molecular weight excluding hydrogens is 517 g/mol. The standard InChI is InChI=1S/C26H20Cl2FN2O3.K/c1-31(26(33)24-21(28)3-2-4-22(24)29)25-23(34-18-9-15-8-16(15)10-18)11-17(12-30-25)19-7-14(13-32)5-6-20(19)27;/h2-7,11-12,15-16,18H,8-10H2,1H3;/q-1;+1/t15-,16+,18?;. The van der Waals surface area contributed by atoms with E-state index in [1.165, 1.54) is 42.8 Å². The van der Waals surface area contributed by atoms with Crippen molar-refractivity contribution in [2.45, 2.75) is 25.4 Å². The first-order chi connectivity index (χ1) is 16.4. The van der Waals surface area contributed by atoms with E-state index in [0.29, 0.717) is 39.3 Å².